The average molecular weight is 972 g/mol. The van der Waals surface area contributed by atoms with Crippen LogP contribution < -0.4 is 16.4 Å². The van der Waals surface area contributed by atoms with Gasteiger partial charge in [-0.05, 0) is 122 Å². The molecule has 1 amide bonds. The van der Waals surface area contributed by atoms with Crippen LogP contribution in [-0.4, -0.2) is 58.6 Å². The summed E-state index contributed by atoms with van der Waals surface area (Å²) in [5.74, 6) is -5.60. The number of fused-ring (bicyclic) bond motifs is 2. The van der Waals surface area contributed by atoms with E-state index >= 15 is 0 Å². The summed E-state index contributed by atoms with van der Waals surface area (Å²) in [4.78, 5) is 67.9. The van der Waals surface area contributed by atoms with Gasteiger partial charge in [0.1, 0.15) is 40.5 Å². The zero-order valence-electron chi connectivity index (χ0n) is 36.5. The first kappa shape index (κ1) is 47.5. The van der Waals surface area contributed by atoms with Crippen LogP contribution in [0.4, 0.5) is 27.6 Å². The van der Waals surface area contributed by atoms with Crippen LogP contribution in [0.3, 0.4) is 0 Å². The van der Waals surface area contributed by atoms with E-state index in [0.29, 0.717) is 44.5 Å². The molecule has 2 N–H and O–H groups in total. The number of para-hydroxylation sites is 2. The smallest absolute Gasteiger partial charge is 0.335 e. The Balaban J connectivity index is 0.000000190. The highest BCUT2D eigenvalue weighted by Gasteiger charge is 2.23. The van der Waals surface area contributed by atoms with Crippen molar-refractivity contribution < 1.29 is 36.6 Å². The van der Waals surface area contributed by atoms with Crippen molar-refractivity contribution in [3.63, 3.8) is 0 Å². The predicted octanol–water partition coefficient (Wildman–Crippen LogP) is 10.6. The molecule has 0 fully saturated rings. The van der Waals surface area contributed by atoms with E-state index in [1.807, 2.05) is 6.92 Å². The summed E-state index contributed by atoms with van der Waals surface area (Å²) < 4.78 is 73.6. The summed E-state index contributed by atoms with van der Waals surface area (Å²) >= 11 is 2.38. The van der Waals surface area contributed by atoms with E-state index < -0.39 is 63.5 Å². The lowest BCUT2D eigenvalue weighted by atomic mass is 9.99. The molecule has 69 heavy (non-hydrogen) atoms. The first-order valence-electron chi connectivity index (χ1n) is 20.4. The van der Waals surface area contributed by atoms with Crippen molar-refractivity contribution in [2.75, 3.05) is 17.8 Å². The SMILES string of the molecule is CSc1nc(-c2cc(C(=O)Nc3ccc(F)cc3)ccc2C)c2ccc(=O)n(-c3c(F)cccc3F)c2n1.CSc1nc(-c2cc(C(=O)O)ccc2C)c2ccc(=O)n(-c3c(F)cccc3F)c2n1. The summed E-state index contributed by atoms with van der Waals surface area (Å²) in [5.41, 5.74) is 1.78. The normalized spacial score (nSPS) is 11.1. The van der Waals surface area contributed by atoms with Gasteiger partial charge in [0.2, 0.25) is 0 Å². The number of nitrogens with zero attached hydrogens (tertiary/aromatic N) is 6. The molecule has 4 aromatic heterocycles. The Morgan fingerprint density at radius 3 is 1.39 bits per heavy atom. The standard InChI is InChI=1S/C28H19F3N4O2S.C22H15F2N3O3S/c1-15-6-7-16(27(37)32-18-10-8-17(29)9-11-18)14-20(15)24-19-12-13-23(36)35(26(19)34-28(33-24)38-2)25-21(30)4-3-5-22(25)31;1-11-6-7-12(21(29)30)10-14(11)18-13-8-9-17(28)27(20(13)26-22(25-18)31-2)19-15(23)4-3-5-16(19)24/h3-14H,1-2H3,(H,32,37);3-10H,1-2H3,(H,29,30). The molecule has 0 aliphatic carbocycles. The molecule has 0 saturated heterocycles. The van der Waals surface area contributed by atoms with Crippen LogP contribution in [-0.2, 0) is 0 Å². The molecule has 0 saturated carbocycles. The van der Waals surface area contributed by atoms with Gasteiger partial charge in [0.15, 0.2) is 21.6 Å². The van der Waals surface area contributed by atoms with Gasteiger partial charge in [0.05, 0.1) is 17.0 Å². The fourth-order valence-electron chi connectivity index (χ4n) is 7.39. The van der Waals surface area contributed by atoms with E-state index in [4.69, 9.17) is 0 Å². The third kappa shape index (κ3) is 9.46. The van der Waals surface area contributed by atoms with Crippen molar-refractivity contribution >= 4 is 63.2 Å². The van der Waals surface area contributed by atoms with Gasteiger partial charge in [0.25, 0.3) is 17.0 Å². The summed E-state index contributed by atoms with van der Waals surface area (Å²) in [7, 11) is 0. The molecular formula is C50H34F5N7O5S2. The zero-order chi connectivity index (χ0) is 49.3. The number of aromatic carboxylic acids is 1. The maximum atomic E-state index is 14.7. The van der Waals surface area contributed by atoms with Crippen LogP contribution in [0.25, 0.3) is 56.0 Å². The Morgan fingerprint density at radius 1 is 0.551 bits per heavy atom. The molecule has 5 aromatic carbocycles. The molecule has 0 aliphatic rings. The van der Waals surface area contributed by atoms with Crippen molar-refractivity contribution in [2.45, 2.75) is 24.2 Å². The van der Waals surface area contributed by atoms with E-state index in [0.717, 1.165) is 44.5 Å². The van der Waals surface area contributed by atoms with Crippen LogP contribution in [0.1, 0.15) is 31.8 Å². The largest absolute Gasteiger partial charge is 0.478 e. The van der Waals surface area contributed by atoms with E-state index in [2.05, 4.69) is 25.3 Å². The fraction of sp³-hybridized carbons (Fsp3) is 0.0800. The molecular weight excluding hydrogens is 938 g/mol. The van der Waals surface area contributed by atoms with Gasteiger partial charge >= 0.3 is 5.97 Å². The number of benzene rings is 5. The van der Waals surface area contributed by atoms with E-state index in [1.165, 1.54) is 96.3 Å². The molecule has 4 heterocycles. The van der Waals surface area contributed by atoms with Gasteiger partial charge in [-0.2, -0.15) is 0 Å². The number of aromatic nitrogens is 6. The summed E-state index contributed by atoms with van der Waals surface area (Å²) in [6.07, 6.45) is 3.46. The quantitative estimate of drug-likeness (QED) is 0.0804. The monoisotopic (exact) mass is 971 g/mol. The molecule has 0 unspecified atom stereocenters. The molecule has 0 atom stereocenters. The molecule has 0 radical (unpaired) electrons. The maximum Gasteiger partial charge on any atom is 0.335 e. The molecule has 19 heteroatoms. The number of rotatable bonds is 9. The van der Waals surface area contributed by atoms with Crippen molar-refractivity contribution in [1.29, 1.82) is 0 Å². The first-order chi connectivity index (χ1) is 33.1. The Morgan fingerprint density at radius 2 is 0.971 bits per heavy atom. The van der Waals surface area contributed by atoms with Gasteiger partial charge in [-0.15, -0.1) is 0 Å². The number of carboxylic acids is 1. The summed E-state index contributed by atoms with van der Waals surface area (Å²) in [6, 6.07) is 27.0. The lowest BCUT2D eigenvalue weighted by Gasteiger charge is -2.15. The average Bonchev–Trinajstić information content (AvgIpc) is 3.33. The third-order valence-corrected chi connectivity index (χ3v) is 11.8. The number of aryl methyl sites for hydroxylation is 2. The zero-order valence-corrected chi connectivity index (χ0v) is 38.1. The van der Waals surface area contributed by atoms with Gasteiger partial charge in [-0.25, -0.2) is 46.7 Å². The Hall–Kier alpha value is -8.03. The Kier molecular flexibility index (Phi) is 13.5. The second-order valence-electron chi connectivity index (χ2n) is 15.1. The molecule has 0 bridgehead atoms. The number of hydrogen-bond acceptors (Lipinski definition) is 10. The molecule has 9 aromatic rings. The van der Waals surface area contributed by atoms with Crippen LogP contribution >= 0.6 is 23.5 Å². The summed E-state index contributed by atoms with van der Waals surface area (Å²) in [6.45, 7) is 3.62. The second kappa shape index (κ2) is 19.7. The Labute approximate surface area is 396 Å². The number of amides is 1. The van der Waals surface area contributed by atoms with Crippen LogP contribution in [0.2, 0.25) is 0 Å². The van der Waals surface area contributed by atoms with Crippen LogP contribution in [0.15, 0.2) is 141 Å². The van der Waals surface area contributed by atoms with Gasteiger partial charge < -0.3 is 10.4 Å². The number of thioether (sulfide) groups is 2. The predicted molar refractivity (Wildman–Crippen MR) is 255 cm³/mol. The number of pyridine rings is 2. The van der Waals surface area contributed by atoms with E-state index in [9.17, 15) is 46.2 Å². The minimum atomic E-state index is -1.10. The van der Waals surface area contributed by atoms with Crippen LogP contribution in [0.5, 0.6) is 0 Å². The van der Waals surface area contributed by atoms with E-state index in [-0.39, 0.29) is 27.2 Å². The number of carbonyl (C=O) groups excluding carboxylic acids is 1. The lowest BCUT2D eigenvalue weighted by molar-refractivity contribution is 0.0696. The highest BCUT2D eigenvalue weighted by atomic mass is 32.2. The number of carbonyl (C=O) groups is 2. The second-order valence-corrected chi connectivity index (χ2v) is 16.6. The number of hydrogen-bond donors (Lipinski definition) is 2. The molecule has 346 valence electrons. The molecule has 9 rings (SSSR count). The lowest BCUT2D eigenvalue weighted by Crippen LogP contribution is -2.21. The van der Waals surface area contributed by atoms with Crippen molar-refractivity contribution in [1.82, 2.24) is 29.1 Å². The number of halogens is 5. The van der Waals surface area contributed by atoms with Crippen molar-refractivity contribution in [3.8, 4) is 33.9 Å². The maximum absolute atomic E-state index is 14.7. The van der Waals surface area contributed by atoms with Gasteiger partial charge in [-0.1, -0.05) is 47.8 Å². The van der Waals surface area contributed by atoms with E-state index in [1.54, 1.807) is 43.7 Å². The highest BCUT2D eigenvalue weighted by molar-refractivity contribution is 7.98. The topological polar surface area (TPSA) is 162 Å². The minimum absolute atomic E-state index is 0.0194. The molecule has 12 nitrogen and oxygen atoms in total. The Bertz CT molecular complexity index is 3630. The molecule has 0 spiro atoms. The number of carboxylic acid groups (broad SMARTS) is 1. The highest BCUT2D eigenvalue weighted by Crippen LogP contribution is 2.34. The third-order valence-electron chi connectivity index (χ3n) is 10.7. The van der Waals surface area contributed by atoms with Gasteiger partial charge in [-0.3, -0.25) is 23.5 Å². The number of nitrogens with one attached hydrogen (secondary N) is 1. The summed E-state index contributed by atoms with van der Waals surface area (Å²) in [5, 5.41) is 13.4. The number of anilines is 1. The van der Waals surface area contributed by atoms with Crippen LogP contribution in [0, 0.1) is 42.9 Å². The first-order valence-corrected chi connectivity index (χ1v) is 22.9. The minimum Gasteiger partial charge on any atom is -0.478 e. The van der Waals surface area contributed by atoms with Crippen molar-refractivity contribution in [3.05, 3.63) is 193 Å². The van der Waals surface area contributed by atoms with Gasteiger partial charge in [0, 0.05) is 45.3 Å². The molecule has 0 aliphatic heterocycles. The fourth-order valence-corrected chi connectivity index (χ4v) is 8.11. The van der Waals surface area contributed by atoms with Crippen molar-refractivity contribution in [2.24, 2.45) is 0 Å².